The highest BCUT2D eigenvalue weighted by Crippen LogP contribution is 2.27. The van der Waals surface area contributed by atoms with Gasteiger partial charge < -0.3 is 0 Å². The molecule has 0 spiro atoms. The minimum atomic E-state index is -0.733. The second-order valence-corrected chi connectivity index (χ2v) is 7.57. The van der Waals surface area contributed by atoms with Gasteiger partial charge in [-0.2, -0.15) is 0 Å². The van der Waals surface area contributed by atoms with Crippen LogP contribution in [0.2, 0.25) is 0 Å². The molecule has 0 aliphatic carbocycles. The van der Waals surface area contributed by atoms with Crippen molar-refractivity contribution in [1.29, 1.82) is 0 Å². The zero-order valence-corrected chi connectivity index (χ0v) is 17.9. The lowest BCUT2D eigenvalue weighted by Gasteiger charge is -2.11. The fourth-order valence-electron chi connectivity index (χ4n) is 3.62. The van der Waals surface area contributed by atoms with Crippen LogP contribution in [0.25, 0.3) is 22.3 Å². The van der Waals surface area contributed by atoms with E-state index in [-0.39, 0.29) is 0 Å². The molecule has 4 aromatic rings. The molecule has 0 saturated heterocycles. The predicted octanol–water partition coefficient (Wildman–Crippen LogP) is 6.57. The van der Waals surface area contributed by atoms with Crippen LogP contribution in [0.5, 0.6) is 0 Å². The summed E-state index contributed by atoms with van der Waals surface area (Å²) in [5, 5.41) is 0. The Hall–Kier alpha value is -4.18. The van der Waals surface area contributed by atoms with E-state index in [1.54, 1.807) is 24.3 Å². The summed E-state index contributed by atoms with van der Waals surface area (Å²) in [5.41, 5.74) is 5.96. The summed E-state index contributed by atoms with van der Waals surface area (Å²) < 4.78 is 0. The van der Waals surface area contributed by atoms with E-state index in [1.165, 1.54) is 0 Å². The Balaban J connectivity index is 1.55. The normalized spacial score (nSPS) is 10.4. The number of rotatable bonds is 4. The van der Waals surface area contributed by atoms with E-state index in [2.05, 4.69) is 0 Å². The fraction of sp³-hybridized carbons (Fsp3) is 0.0714. The summed E-state index contributed by atoms with van der Waals surface area (Å²) in [6, 6.07) is 29.8. The van der Waals surface area contributed by atoms with Crippen LogP contribution in [0.4, 0.5) is 0 Å². The Labute approximate surface area is 187 Å². The number of carbonyl (C=O) groups excluding carboxylic acids is 2. The quantitative estimate of drug-likeness (QED) is 0.276. The third kappa shape index (κ3) is 4.60. The molecule has 0 radical (unpaired) electrons. The van der Waals surface area contributed by atoms with Crippen molar-refractivity contribution in [2.75, 3.05) is 0 Å². The monoisotopic (exact) mass is 422 g/mol. The second kappa shape index (κ2) is 9.31. The molecule has 4 rings (SSSR count). The van der Waals surface area contributed by atoms with Gasteiger partial charge in [-0.05, 0) is 48.2 Å². The first-order chi connectivity index (χ1) is 15.5. The fourth-order valence-corrected chi connectivity index (χ4v) is 3.62. The smallest absolute Gasteiger partial charge is 0.241 e. The van der Waals surface area contributed by atoms with Crippen molar-refractivity contribution >= 4 is 11.9 Å². The van der Waals surface area contributed by atoms with Gasteiger partial charge in [0.15, 0.2) is 0 Å². The first-order valence-corrected chi connectivity index (χ1v) is 10.3. The van der Waals surface area contributed by atoms with Crippen molar-refractivity contribution in [2.45, 2.75) is 13.8 Å². The maximum absolute atomic E-state index is 12.8. The van der Waals surface area contributed by atoms with Gasteiger partial charge in [0.1, 0.15) is 0 Å². The van der Waals surface area contributed by atoms with Crippen molar-refractivity contribution in [1.82, 2.24) is 0 Å². The van der Waals surface area contributed by atoms with Crippen LogP contribution in [0.15, 0.2) is 97.1 Å². The number of carbonyl (C=O) groups is 2. The van der Waals surface area contributed by atoms with E-state index in [9.17, 15) is 9.59 Å². The van der Waals surface area contributed by atoms with E-state index in [4.69, 9.17) is 9.78 Å². The number of hydrogen-bond acceptors (Lipinski definition) is 4. The highest BCUT2D eigenvalue weighted by molar-refractivity contribution is 5.99. The van der Waals surface area contributed by atoms with Crippen LogP contribution in [0, 0.1) is 13.8 Å². The molecule has 32 heavy (non-hydrogen) atoms. The van der Waals surface area contributed by atoms with Crippen molar-refractivity contribution in [2.24, 2.45) is 0 Å². The largest absolute Gasteiger partial charge is 0.386 e. The molecule has 0 fully saturated rings. The van der Waals surface area contributed by atoms with Crippen LogP contribution in [0.3, 0.4) is 0 Å². The average Bonchev–Trinajstić information content (AvgIpc) is 2.82. The van der Waals surface area contributed by atoms with Crippen molar-refractivity contribution in [3.8, 4) is 22.3 Å². The topological polar surface area (TPSA) is 52.6 Å². The van der Waals surface area contributed by atoms with E-state index in [1.807, 2.05) is 86.6 Å². The van der Waals surface area contributed by atoms with E-state index >= 15 is 0 Å². The van der Waals surface area contributed by atoms with E-state index in [0.29, 0.717) is 22.3 Å². The van der Waals surface area contributed by atoms with Crippen molar-refractivity contribution < 1.29 is 19.4 Å². The SMILES string of the molecule is Cc1cccc(-c2ccccc2C(=O)OOC(=O)c2ccccc2-c2cccc(C)c2)c1. The van der Waals surface area contributed by atoms with Crippen molar-refractivity contribution in [3.05, 3.63) is 119 Å². The Kier molecular flexibility index (Phi) is 6.13. The molecule has 4 nitrogen and oxygen atoms in total. The molecule has 0 unspecified atom stereocenters. The number of hydrogen-bond donors (Lipinski definition) is 0. The van der Waals surface area contributed by atoms with Gasteiger partial charge in [-0.25, -0.2) is 19.4 Å². The van der Waals surface area contributed by atoms with Gasteiger partial charge in [0, 0.05) is 0 Å². The predicted molar refractivity (Wildman–Crippen MR) is 124 cm³/mol. The molecule has 0 aromatic heterocycles. The third-order valence-corrected chi connectivity index (χ3v) is 5.15. The van der Waals surface area contributed by atoms with Gasteiger partial charge in [-0.1, -0.05) is 96.1 Å². The third-order valence-electron chi connectivity index (χ3n) is 5.15. The minimum Gasteiger partial charge on any atom is -0.241 e. The van der Waals surface area contributed by atoms with Crippen LogP contribution < -0.4 is 0 Å². The van der Waals surface area contributed by atoms with E-state index < -0.39 is 11.9 Å². The van der Waals surface area contributed by atoms with Gasteiger partial charge >= 0.3 is 11.9 Å². The molecule has 0 bridgehead atoms. The molecule has 0 saturated carbocycles. The molecule has 0 atom stereocenters. The molecule has 158 valence electrons. The van der Waals surface area contributed by atoms with Gasteiger partial charge in [0.05, 0.1) is 11.1 Å². The maximum atomic E-state index is 12.8. The molecule has 0 aliphatic rings. The molecule has 0 N–H and O–H groups in total. The summed E-state index contributed by atoms with van der Waals surface area (Å²) in [6.07, 6.45) is 0. The Morgan fingerprint density at radius 2 is 0.938 bits per heavy atom. The van der Waals surface area contributed by atoms with Crippen LogP contribution in [-0.4, -0.2) is 11.9 Å². The Bertz CT molecular complexity index is 1190. The number of benzene rings is 4. The summed E-state index contributed by atoms with van der Waals surface area (Å²) in [6.45, 7) is 3.97. The Morgan fingerprint density at radius 3 is 1.34 bits per heavy atom. The highest BCUT2D eigenvalue weighted by Gasteiger charge is 2.20. The molecule has 4 aromatic carbocycles. The van der Waals surface area contributed by atoms with Gasteiger partial charge in [0.2, 0.25) is 0 Å². The molecular formula is C28H22O4. The van der Waals surface area contributed by atoms with Gasteiger partial charge in [-0.15, -0.1) is 0 Å². The second-order valence-electron chi connectivity index (χ2n) is 7.57. The molecule has 0 amide bonds. The first-order valence-electron chi connectivity index (χ1n) is 10.3. The van der Waals surface area contributed by atoms with Crippen LogP contribution in [0.1, 0.15) is 31.8 Å². The van der Waals surface area contributed by atoms with Gasteiger partial charge in [-0.3, -0.25) is 0 Å². The average molecular weight is 422 g/mol. The van der Waals surface area contributed by atoms with E-state index in [0.717, 1.165) is 22.3 Å². The molecule has 0 heterocycles. The molecular weight excluding hydrogens is 400 g/mol. The number of aryl methyl sites for hydroxylation is 2. The zero-order valence-electron chi connectivity index (χ0n) is 17.9. The lowest BCUT2D eigenvalue weighted by atomic mass is 9.98. The highest BCUT2D eigenvalue weighted by atomic mass is 17.2. The van der Waals surface area contributed by atoms with Gasteiger partial charge in [0.25, 0.3) is 0 Å². The minimum absolute atomic E-state index is 0.317. The molecule has 4 heteroatoms. The summed E-state index contributed by atoms with van der Waals surface area (Å²) in [7, 11) is 0. The van der Waals surface area contributed by atoms with Crippen LogP contribution >= 0.6 is 0 Å². The molecule has 0 aliphatic heterocycles. The zero-order chi connectivity index (χ0) is 22.5. The lowest BCUT2D eigenvalue weighted by Crippen LogP contribution is -2.13. The standard InChI is InChI=1S/C28H22O4/c1-19-9-7-11-21(17-19)23-13-3-5-15-25(23)27(29)31-32-28(30)26-16-6-4-14-24(26)22-12-8-10-20(2)18-22/h3-18H,1-2H3. The van der Waals surface area contributed by atoms with Crippen LogP contribution in [-0.2, 0) is 9.78 Å². The summed E-state index contributed by atoms with van der Waals surface area (Å²) in [5.74, 6) is -1.47. The summed E-state index contributed by atoms with van der Waals surface area (Å²) >= 11 is 0. The van der Waals surface area contributed by atoms with Crippen molar-refractivity contribution in [3.63, 3.8) is 0 Å². The maximum Gasteiger partial charge on any atom is 0.386 e. The first kappa shape index (κ1) is 21.1. The Morgan fingerprint density at radius 1 is 0.531 bits per heavy atom. The summed E-state index contributed by atoms with van der Waals surface area (Å²) in [4.78, 5) is 35.4. The lowest BCUT2D eigenvalue weighted by molar-refractivity contribution is -0.187.